The second kappa shape index (κ2) is 7.84. The van der Waals surface area contributed by atoms with Crippen LogP contribution in [0.25, 0.3) is 0 Å². The lowest BCUT2D eigenvalue weighted by Crippen LogP contribution is -2.30. The van der Waals surface area contributed by atoms with Crippen molar-refractivity contribution in [1.29, 1.82) is 0 Å². The summed E-state index contributed by atoms with van der Waals surface area (Å²) in [5.74, 6) is 7.46. The molecule has 0 saturated carbocycles. The van der Waals surface area contributed by atoms with Crippen LogP contribution in [-0.2, 0) is 0 Å². The lowest BCUT2D eigenvalue weighted by atomic mass is 10.0. The Morgan fingerprint density at radius 3 is 2.67 bits per heavy atom. The highest BCUT2D eigenvalue weighted by atomic mass is 79.9. The zero-order valence-electron chi connectivity index (χ0n) is 12.1. The van der Waals surface area contributed by atoms with Crippen LogP contribution < -0.4 is 16.0 Å². The minimum Gasteiger partial charge on any atom is -0.497 e. The summed E-state index contributed by atoms with van der Waals surface area (Å²) in [5.41, 5.74) is 5.27. The molecule has 1 unspecified atom stereocenters. The average molecular weight is 367 g/mol. The van der Waals surface area contributed by atoms with Gasteiger partial charge in [-0.15, -0.1) is 11.8 Å². The fourth-order valence-corrected chi connectivity index (χ4v) is 3.76. The molecule has 112 valence electrons. The molecule has 0 radical (unpaired) electrons. The second-order valence-electron chi connectivity index (χ2n) is 4.68. The van der Waals surface area contributed by atoms with Gasteiger partial charge in [-0.25, -0.2) is 0 Å². The number of thioether (sulfide) groups is 1. The Morgan fingerprint density at radius 2 is 2.05 bits per heavy atom. The number of nitrogens with two attached hydrogens (primary N) is 1. The third-order valence-electron chi connectivity index (χ3n) is 3.30. The van der Waals surface area contributed by atoms with E-state index in [-0.39, 0.29) is 6.04 Å². The van der Waals surface area contributed by atoms with Crippen LogP contribution in [0.3, 0.4) is 0 Å². The number of rotatable bonds is 6. The van der Waals surface area contributed by atoms with Crippen LogP contribution in [-0.4, -0.2) is 12.9 Å². The largest absolute Gasteiger partial charge is 0.497 e. The molecule has 0 heterocycles. The summed E-state index contributed by atoms with van der Waals surface area (Å²) in [6.45, 7) is 2.07. The quantitative estimate of drug-likeness (QED) is 0.459. The lowest BCUT2D eigenvalue weighted by molar-refractivity contribution is 0.414. The minimum absolute atomic E-state index is 0.0908. The third-order valence-corrected chi connectivity index (χ3v) is 5.42. The van der Waals surface area contributed by atoms with E-state index in [2.05, 4.69) is 40.4 Å². The number of aryl methyl sites for hydroxylation is 1. The maximum absolute atomic E-state index is 5.74. The van der Waals surface area contributed by atoms with Crippen LogP contribution >= 0.6 is 27.7 Å². The molecule has 2 aromatic rings. The summed E-state index contributed by atoms with van der Waals surface area (Å²) >= 11 is 5.34. The highest BCUT2D eigenvalue weighted by Crippen LogP contribution is 2.31. The van der Waals surface area contributed by atoms with Crippen molar-refractivity contribution in [2.24, 2.45) is 5.84 Å². The van der Waals surface area contributed by atoms with E-state index in [1.54, 1.807) is 18.9 Å². The minimum atomic E-state index is 0.0908. The van der Waals surface area contributed by atoms with Crippen LogP contribution in [0.2, 0.25) is 0 Å². The summed E-state index contributed by atoms with van der Waals surface area (Å²) in [7, 11) is 1.68. The van der Waals surface area contributed by atoms with E-state index in [1.807, 2.05) is 30.3 Å². The molecule has 0 aliphatic heterocycles. The highest BCUT2D eigenvalue weighted by Gasteiger charge is 2.14. The molecule has 5 heteroatoms. The molecule has 3 nitrogen and oxygen atoms in total. The molecule has 0 aromatic heterocycles. The molecular formula is C16H19BrN2OS. The van der Waals surface area contributed by atoms with E-state index in [1.165, 1.54) is 16.0 Å². The van der Waals surface area contributed by atoms with E-state index in [0.29, 0.717) is 0 Å². The molecule has 0 fully saturated rings. The molecule has 2 aromatic carbocycles. The number of hydrazine groups is 1. The first-order valence-electron chi connectivity index (χ1n) is 6.63. The summed E-state index contributed by atoms with van der Waals surface area (Å²) in [4.78, 5) is 1.21. The van der Waals surface area contributed by atoms with Crippen LogP contribution in [0, 0.1) is 6.92 Å². The van der Waals surface area contributed by atoms with E-state index in [0.717, 1.165) is 16.0 Å². The maximum atomic E-state index is 5.74. The smallest absolute Gasteiger partial charge is 0.119 e. The lowest BCUT2D eigenvalue weighted by Gasteiger charge is -2.19. The Bertz CT molecular complexity index is 607. The van der Waals surface area contributed by atoms with Crippen molar-refractivity contribution < 1.29 is 4.74 Å². The molecular weight excluding hydrogens is 348 g/mol. The number of nitrogens with one attached hydrogen (secondary N) is 1. The number of hydrogen-bond acceptors (Lipinski definition) is 4. The molecule has 21 heavy (non-hydrogen) atoms. The van der Waals surface area contributed by atoms with Gasteiger partial charge in [-0.1, -0.05) is 18.2 Å². The fourth-order valence-electron chi connectivity index (χ4n) is 2.13. The van der Waals surface area contributed by atoms with Crippen molar-refractivity contribution in [3.63, 3.8) is 0 Å². The Balaban J connectivity index is 2.11. The van der Waals surface area contributed by atoms with Crippen LogP contribution in [0.4, 0.5) is 0 Å². The Labute approximate surface area is 138 Å². The topological polar surface area (TPSA) is 47.3 Å². The van der Waals surface area contributed by atoms with Gasteiger partial charge in [0.1, 0.15) is 5.75 Å². The number of halogens is 1. The van der Waals surface area contributed by atoms with Crippen molar-refractivity contribution >= 4 is 27.7 Å². The zero-order valence-corrected chi connectivity index (χ0v) is 14.5. The highest BCUT2D eigenvalue weighted by molar-refractivity contribution is 9.10. The third kappa shape index (κ3) is 4.23. The van der Waals surface area contributed by atoms with Crippen LogP contribution in [0.5, 0.6) is 5.75 Å². The molecule has 1 atom stereocenters. The summed E-state index contributed by atoms with van der Waals surface area (Å²) in [6, 6.07) is 14.4. The molecule has 0 amide bonds. The van der Waals surface area contributed by atoms with Gasteiger partial charge < -0.3 is 4.74 Å². The monoisotopic (exact) mass is 366 g/mol. The first-order valence-corrected chi connectivity index (χ1v) is 8.41. The predicted octanol–water partition coefficient (Wildman–Crippen LogP) is 4.06. The van der Waals surface area contributed by atoms with Crippen molar-refractivity contribution in [2.75, 3.05) is 12.9 Å². The van der Waals surface area contributed by atoms with E-state index >= 15 is 0 Å². The van der Waals surface area contributed by atoms with Crippen molar-refractivity contribution in [1.82, 2.24) is 5.43 Å². The van der Waals surface area contributed by atoms with Gasteiger partial charge >= 0.3 is 0 Å². The molecule has 2 rings (SSSR count). The van der Waals surface area contributed by atoms with Crippen LogP contribution in [0.15, 0.2) is 51.8 Å². The van der Waals surface area contributed by atoms with Gasteiger partial charge in [0.15, 0.2) is 0 Å². The number of hydrogen-bond donors (Lipinski definition) is 2. The molecule has 0 saturated heterocycles. The normalized spacial score (nSPS) is 12.2. The molecule has 0 aliphatic carbocycles. The number of methoxy groups -OCH3 is 1. The van der Waals surface area contributed by atoms with Gasteiger partial charge in [0, 0.05) is 15.1 Å². The van der Waals surface area contributed by atoms with Crippen molar-refractivity contribution in [3.05, 3.63) is 58.1 Å². The molecule has 0 aliphatic rings. The second-order valence-corrected chi connectivity index (χ2v) is 6.60. The van der Waals surface area contributed by atoms with Gasteiger partial charge in [-0.05, 0) is 58.2 Å². The summed E-state index contributed by atoms with van der Waals surface area (Å²) in [5, 5.41) is 0. The molecule has 3 N–H and O–H groups in total. The standard InChI is InChI=1S/C16H19BrN2OS/c1-11-9-12(20-2)7-8-13(11)15(19-18)10-21-16-6-4-3-5-14(16)17/h3-9,15,19H,10,18H2,1-2H3. The number of benzene rings is 2. The van der Waals surface area contributed by atoms with Crippen molar-refractivity contribution in [3.8, 4) is 5.75 Å². The first kappa shape index (κ1) is 16.4. The summed E-state index contributed by atoms with van der Waals surface area (Å²) in [6.07, 6.45) is 0. The van der Waals surface area contributed by atoms with E-state index in [9.17, 15) is 0 Å². The van der Waals surface area contributed by atoms with Crippen molar-refractivity contribution in [2.45, 2.75) is 17.9 Å². The van der Waals surface area contributed by atoms with Crippen LogP contribution in [0.1, 0.15) is 17.2 Å². The van der Waals surface area contributed by atoms with E-state index < -0.39 is 0 Å². The average Bonchev–Trinajstić information content (AvgIpc) is 2.50. The maximum Gasteiger partial charge on any atom is 0.119 e. The Kier molecular flexibility index (Phi) is 6.11. The SMILES string of the molecule is COc1ccc(C(CSc2ccccc2Br)NN)c(C)c1. The van der Waals surface area contributed by atoms with Gasteiger partial charge in [0.05, 0.1) is 13.2 Å². The zero-order chi connectivity index (χ0) is 15.2. The fraction of sp³-hybridized carbons (Fsp3) is 0.250. The van der Waals surface area contributed by atoms with Gasteiger partial charge in [0.25, 0.3) is 0 Å². The predicted molar refractivity (Wildman–Crippen MR) is 92.7 cm³/mol. The van der Waals surface area contributed by atoms with Gasteiger partial charge in [-0.3, -0.25) is 11.3 Å². The Hall–Kier alpha value is -1.01. The van der Waals surface area contributed by atoms with Gasteiger partial charge in [-0.2, -0.15) is 0 Å². The van der Waals surface area contributed by atoms with E-state index in [4.69, 9.17) is 10.6 Å². The van der Waals surface area contributed by atoms with Gasteiger partial charge in [0.2, 0.25) is 0 Å². The molecule has 0 spiro atoms. The summed E-state index contributed by atoms with van der Waals surface area (Å²) < 4.78 is 6.35. The number of ether oxygens (including phenoxy) is 1. The molecule has 0 bridgehead atoms. The first-order chi connectivity index (χ1) is 10.2. The Morgan fingerprint density at radius 1 is 1.29 bits per heavy atom.